The van der Waals surface area contributed by atoms with Gasteiger partial charge in [0, 0.05) is 9.35 Å². The van der Waals surface area contributed by atoms with Crippen molar-refractivity contribution in [3.63, 3.8) is 0 Å². The Labute approximate surface area is 79.9 Å². The highest BCUT2D eigenvalue weighted by atomic mass is 79.9. The monoisotopic (exact) mass is 279 g/mol. The van der Waals surface area contributed by atoms with Crippen LogP contribution in [0, 0.1) is 11.3 Å². The second-order valence-corrected chi connectivity index (χ2v) is 5.03. The second kappa shape index (κ2) is 3.51. The summed E-state index contributed by atoms with van der Waals surface area (Å²) in [6, 6.07) is 4.05. The highest BCUT2D eigenvalue weighted by Crippen LogP contribution is 2.31. The van der Waals surface area contributed by atoms with Crippen LogP contribution < -0.4 is 0 Å². The first-order chi connectivity index (χ1) is 4.74. The average Bonchev–Trinajstić information content (AvgIpc) is 2.13. The van der Waals surface area contributed by atoms with Crippen molar-refractivity contribution in [2.75, 3.05) is 0 Å². The van der Waals surface area contributed by atoms with Gasteiger partial charge < -0.3 is 0 Å². The third-order valence-corrected chi connectivity index (χ3v) is 3.57. The maximum atomic E-state index is 8.37. The molecule has 1 rings (SSSR count). The molecule has 1 heterocycles. The van der Waals surface area contributed by atoms with Gasteiger partial charge in [-0.15, -0.1) is 11.3 Å². The molecular weight excluding hydrogens is 278 g/mol. The van der Waals surface area contributed by atoms with E-state index in [1.807, 2.05) is 6.07 Å². The Morgan fingerprint density at radius 2 is 2.30 bits per heavy atom. The summed E-state index contributed by atoms with van der Waals surface area (Å²) in [5, 5.41) is 8.37. The molecule has 0 N–H and O–H groups in total. The Hall–Kier alpha value is 0.150. The predicted molar refractivity (Wildman–Crippen MR) is 49.0 cm³/mol. The van der Waals surface area contributed by atoms with Gasteiger partial charge in [0.25, 0.3) is 0 Å². The van der Waals surface area contributed by atoms with Crippen LogP contribution in [0.4, 0.5) is 0 Å². The summed E-state index contributed by atoms with van der Waals surface area (Å²) in [4.78, 5) is 1.08. The van der Waals surface area contributed by atoms with Crippen molar-refractivity contribution < 1.29 is 0 Å². The van der Waals surface area contributed by atoms with Crippen LogP contribution in [0.1, 0.15) is 4.88 Å². The van der Waals surface area contributed by atoms with E-state index in [0.29, 0.717) is 6.42 Å². The number of halogens is 2. The van der Waals surface area contributed by atoms with E-state index in [1.54, 1.807) is 11.3 Å². The Balaban J connectivity index is 2.94. The predicted octanol–water partition coefficient (Wildman–Crippen LogP) is 3.34. The fourth-order valence-electron chi connectivity index (χ4n) is 0.568. The minimum atomic E-state index is 0.483. The Morgan fingerprint density at radius 3 is 2.70 bits per heavy atom. The lowest BCUT2D eigenvalue weighted by Gasteiger charge is -1.83. The Morgan fingerprint density at radius 1 is 1.60 bits per heavy atom. The third-order valence-electron chi connectivity index (χ3n) is 0.967. The van der Waals surface area contributed by atoms with Crippen LogP contribution in [0.3, 0.4) is 0 Å². The molecular formula is C6H3Br2NS. The summed E-state index contributed by atoms with van der Waals surface area (Å²) < 4.78 is 2.08. The van der Waals surface area contributed by atoms with E-state index < -0.39 is 0 Å². The lowest BCUT2D eigenvalue weighted by molar-refractivity contribution is 1.31. The van der Waals surface area contributed by atoms with Crippen molar-refractivity contribution in [3.05, 3.63) is 19.2 Å². The van der Waals surface area contributed by atoms with Gasteiger partial charge in [0.15, 0.2) is 0 Å². The molecule has 0 unspecified atom stereocenters. The van der Waals surface area contributed by atoms with Crippen LogP contribution in [0.15, 0.2) is 14.3 Å². The van der Waals surface area contributed by atoms with Crippen LogP contribution in [-0.2, 0) is 6.42 Å². The molecule has 0 atom stereocenters. The third kappa shape index (κ3) is 1.82. The van der Waals surface area contributed by atoms with Crippen molar-refractivity contribution in [2.45, 2.75) is 6.42 Å². The summed E-state index contributed by atoms with van der Waals surface area (Å²) in [5.74, 6) is 0. The van der Waals surface area contributed by atoms with E-state index in [0.717, 1.165) is 13.1 Å². The van der Waals surface area contributed by atoms with Gasteiger partial charge >= 0.3 is 0 Å². The Kier molecular flexibility index (Phi) is 2.90. The van der Waals surface area contributed by atoms with Crippen LogP contribution in [0.5, 0.6) is 0 Å². The molecule has 0 aliphatic carbocycles. The standard InChI is InChI=1S/C6H3Br2NS/c7-4-3-6(8)10-5(4)1-2-9/h3H,1H2. The van der Waals surface area contributed by atoms with E-state index in [4.69, 9.17) is 5.26 Å². The van der Waals surface area contributed by atoms with Crippen molar-refractivity contribution in [2.24, 2.45) is 0 Å². The summed E-state index contributed by atoms with van der Waals surface area (Å²) in [6.45, 7) is 0. The molecule has 0 aromatic carbocycles. The molecule has 0 aliphatic rings. The van der Waals surface area contributed by atoms with Gasteiger partial charge in [-0.2, -0.15) is 5.26 Å². The summed E-state index contributed by atoms with van der Waals surface area (Å²) in [7, 11) is 0. The lowest BCUT2D eigenvalue weighted by atomic mass is 10.4. The van der Waals surface area contributed by atoms with Crippen molar-refractivity contribution in [1.29, 1.82) is 5.26 Å². The minimum absolute atomic E-state index is 0.483. The molecule has 0 saturated carbocycles. The van der Waals surface area contributed by atoms with E-state index in [1.165, 1.54) is 0 Å². The van der Waals surface area contributed by atoms with Crippen LogP contribution in [-0.4, -0.2) is 0 Å². The molecule has 52 valence electrons. The molecule has 0 amide bonds. The summed E-state index contributed by atoms with van der Waals surface area (Å²) in [6.07, 6.45) is 0.483. The van der Waals surface area contributed by atoms with E-state index in [-0.39, 0.29) is 0 Å². The number of nitrogens with zero attached hydrogens (tertiary/aromatic N) is 1. The molecule has 1 aromatic rings. The second-order valence-electron chi connectivity index (χ2n) is 1.66. The zero-order chi connectivity index (χ0) is 7.56. The molecule has 1 nitrogen and oxygen atoms in total. The van der Waals surface area contributed by atoms with Gasteiger partial charge in [-0.1, -0.05) is 0 Å². The number of rotatable bonds is 1. The van der Waals surface area contributed by atoms with Crippen molar-refractivity contribution >= 4 is 43.2 Å². The van der Waals surface area contributed by atoms with Crippen molar-refractivity contribution in [1.82, 2.24) is 0 Å². The van der Waals surface area contributed by atoms with Gasteiger partial charge in [-0.3, -0.25) is 0 Å². The topological polar surface area (TPSA) is 23.8 Å². The average molecular weight is 281 g/mol. The van der Waals surface area contributed by atoms with Gasteiger partial charge in [0.1, 0.15) is 0 Å². The van der Waals surface area contributed by atoms with Crippen LogP contribution in [0.2, 0.25) is 0 Å². The maximum absolute atomic E-state index is 8.37. The molecule has 0 radical (unpaired) electrons. The SMILES string of the molecule is N#CCc1sc(Br)cc1Br. The van der Waals surface area contributed by atoms with E-state index in [9.17, 15) is 0 Å². The zero-order valence-electron chi connectivity index (χ0n) is 4.90. The molecule has 0 aliphatic heterocycles. The maximum Gasteiger partial charge on any atom is 0.0713 e. The highest BCUT2D eigenvalue weighted by molar-refractivity contribution is 9.11. The molecule has 4 heteroatoms. The molecule has 10 heavy (non-hydrogen) atoms. The smallest absolute Gasteiger partial charge is 0.0713 e. The Bertz CT molecular complexity index is 274. The van der Waals surface area contributed by atoms with Gasteiger partial charge in [0.05, 0.1) is 16.3 Å². The number of hydrogen-bond donors (Lipinski definition) is 0. The highest BCUT2D eigenvalue weighted by Gasteiger charge is 2.02. The van der Waals surface area contributed by atoms with Gasteiger partial charge in [0.2, 0.25) is 0 Å². The van der Waals surface area contributed by atoms with Gasteiger partial charge in [-0.05, 0) is 37.9 Å². The minimum Gasteiger partial charge on any atom is -0.198 e. The van der Waals surface area contributed by atoms with E-state index in [2.05, 4.69) is 37.9 Å². The molecule has 0 fully saturated rings. The van der Waals surface area contributed by atoms with Gasteiger partial charge in [-0.25, -0.2) is 0 Å². The number of hydrogen-bond acceptors (Lipinski definition) is 2. The fraction of sp³-hybridized carbons (Fsp3) is 0.167. The quantitative estimate of drug-likeness (QED) is 0.774. The normalized spacial score (nSPS) is 9.30. The lowest BCUT2D eigenvalue weighted by Crippen LogP contribution is -1.71. The first kappa shape index (κ1) is 8.25. The van der Waals surface area contributed by atoms with E-state index >= 15 is 0 Å². The number of nitriles is 1. The molecule has 0 spiro atoms. The number of thiophene rings is 1. The molecule has 1 aromatic heterocycles. The fourth-order valence-corrected chi connectivity index (χ4v) is 3.16. The van der Waals surface area contributed by atoms with Crippen LogP contribution in [0.25, 0.3) is 0 Å². The van der Waals surface area contributed by atoms with Crippen LogP contribution >= 0.6 is 43.2 Å². The first-order valence-corrected chi connectivity index (χ1v) is 4.95. The molecule has 0 bridgehead atoms. The van der Waals surface area contributed by atoms with Crippen molar-refractivity contribution in [3.8, 4) is 6.07 Å². The largest absolute Gasteiger partial charge is 0.198 e. The summed E-state index contributed by atoms with van der Waals surface area (Å²) in [5.41, 5.74) is 0. The first-order valence-electron chi connectivity index (χ1n) is 2.54. The summed E-state index contributed by atoms with van der Waals surface area (Å²) >= 11 is 8.27. The molecule has 0 saturated heterocycles. The zero-order valence-corrected chi connectivity index (χ0v) is 8.88.